The minimum absolute atomic E-state index is 0.0958. The summed E-state index contributed by atoms with van der Waals surface area (Å²) in [4.78, 5) is 12.2. The van der Waals surface area contributed by atoms with Gasteiger partial charge in [0.1, 0.15) is 5.69 Å². The van der Waals surface area contributed by atoms with Crippen molar-refractivity contribution in [3.05, 3.63) is 41.6 Å². The van der Waals surface area contributed by atoms with E-state index in [-0.39, 0.29) is 29.0 Å². The molecule has 0 saturated heterocycles. The van der Waals surface area contributed by atoms with E-state index in [1.165, 1.54) is 12.1 Å². The highest BCUT2D eigenvalue weighted by Crippen LogP contribution is 2.20. The molecule has 1 N–H and O–H groups in total. The number of nitrogens with zero attached hydrogens (tertiary/aromatic N) is 4. The maximum absolute atomic E-state index is 12.3. The highest BCUT2D eigenvalue weighted by molar-refractivity contribution is 7.91. The number of anilines is 1. The second-order valence-electron chi connectivity index (χ2n) is 6.14. The van der Waals surface area contributed by atoms with Gasteiger partial charge >= 0.3 is 6.01 Å². The molecule has 1 amide bonds. The van der Waals surface area contributed by atoms with Crippen LogP contribution >= 0.6 is 0 Å². The van der Waals surface area contributed by atoms with Gasteiger partial charge < -0.3 is 4.42 Å². The molecule has 0 bridgehead atoms. The van der Waals surface area contributed by atoms with Gasteiger partial charge in [0.05, 0.1) is 16.3 Å². The van der Waals surface area contributed by atoms with Gasteiger partial charge in [-0.3, -0.25) is 14.8 Å². The van der Waals surface area contributed by atoms with Crippen molar-refractivity contribution in [1.29, 1.82) is 0 Å². The Morgan fingerprint density at radius 1 is 1.19 bits per heavy atom. The van der Waals surface area contributed by atoms with Gasteiger partial charge in [0.15, 0.2) is 9.84 Å². The number of hydrogen-bond donors (Lipinski definition) is 1. The van der Waals surface area contributed by atoms with Crippen molar-refractivity contribution in [3.8, 4) is 11.6 Å². The van der Waals surface area contributed by atoms with E-state index in [1.807, 2.05) is 13.8 Å². The first kappa shape index (κ1) is 18.8. The Bertz CT molecular complexity index is 1070. The van der Waals surface area contributed by atoms with E-state index in [0.717, 1.165) is 11.3 Å². The highest BCUT2D eigenvalue weighted by Gasteiger charge is 2.18. The summed E-state index contributed by atoms with van der Waals surface area (Å²) in [6.45, 7) is 3.70. The molecule has 0 aliphatic carbocycles. The first-order valence-corrected chi connectivity index (χ1v) is 9.83. The Hall–Kier alpha value is -3.01. The molecule has 10 heteroatoms. The molecular formula is C17H19N5O4S. The van der Waals surface area contributed by atoms with Crippen LogP contribution in [0.5, 0.6) is 0 Å². The molecule has 1 aromatic carbocycles. The smallest absolute Gasteiger partial charge is 0.322 e. The molecule has 2 heterocycles. The van der Waals surface area contributed by atoms with Crippen LogP contribution in [0.1, 0.15) is 17.7 Å². The van der Waals surface area contributed by atoms with Crippen molar-refractivity contribution < 1.29 is 17.6 Å². The summed E-state index contributed by atoms with van der Waals surface area (Å²) >= 11 is 0. The molecule has 2 aromatic heterocycles. The molecule has 0 aliphatic rings. The van der Waals surface area contributed by atoms with Crippen LogP contribution in [-0.4, -0.2) is 40.1 Å². The number of sulfone groups is 1. The Morgan fingerprint density at radius 2 is 1.89 bits per heavy atom. The first-order valence-electron chi connectivity index (χ1n) is 8.18. The number of hydrogen-bond acceptors (Lipinski definition) is 7. The van der Waals surface area contributed by atoms with Crippen molar-refractivity contribution in [2.24, 2.45) is 7.05 Å². The van der Waals surface area contributed by atoms with Crippen molar-refractivity contribution in [3.63, 3.8) is 0 Å². The Labute approximate surface area is 156 Å². The molecule has 142 valence electrons. The molecule has 0 saturated carbocycles. The van der Waals surface area contributed by atoms with E-state index < -0.39 is 15.7 Å². The number of aryl methyl sites for hydroxylation is 3. The predicted molar refractivity (Wildman–Crippen MR) is 97.7 cm³/mol. The van der Waals surface area contributed by atoms with Crippen molar-refractivity contribution in [1.82, 2.24) is 20.0 Å². The lowest BCUT2D eigenvalue weighted by atomic mass is 10.2. The van der Waals surface area contributed by atoms with E-state index in [4.69, 9.17) is 4.42 Å². The summed E-state index contributed by atoms with van der Waals surface area (Å²) in [5.74, 6) is -0.633. The fourth-order valence-corrected chi connectivity index (χ4v) is 3.70. The average molecular weight is 389 g/mol. The van der Waals surface area contributed by atoms with Crippen LogP contribution in [0.4, 0.5) is 6.01 Å². The van der Waals surface area contributed by atoms with Gasteiger partial charge in [0, 0.05) is 13.5 Å². The normalized spacial score (nSPS) is 11.5. The van der Waals surface area contributed by atoms with Crippen molar-refractivity contribution in [2.45, 2.75) is 25.2 Å². The van der Waals surface area contributed by atoms with Gasteiger partial charge in [0.2, 0.25) is 5.91 Å². The van der Waals surface area contributed by atoms with E-state index in [0.29, 0.717) is 5.69 Å². The maximum atomic E-state index is 12.3. The second kappa shape index (κ2) is 7.31. The van der Waals surface area contributed by atoms with Crippen LogP contribution in [0.2, 0.25) is 0 Å². The first-order chi connectivity index (χ1) is 12.7. The minimum atomic E-state index is -3.54. The molecular weight excluding hydrogens is 370 g/mol. The zero-order valence-corrected chi connectivity index (χ0v) is 15.9. The van der Waals surface area contributed by atoms with Crippen LogP contribution in [0, 0.1) is 13.8 Å². The zero-order chi connectivity index (χ0) is 19.6. The summed E-state index contributed by atoms with van der Waals surface area (Å²) in [5, 5.41) is 14.2. The van der Waals surface area contributed by atoms with Crippen molar-refractivity contribution >= 4 is 21.8 Å². The van der Waals surface area contributed by atoms with Crippen LogP contribution in [0.15, 0.2) is 39.6 Å². The number of aromatic nitrogens is 4. The fourth-order valence-electron chi connectivity index (χ4n) is 2.46. The molecule has 0 aliphatic heterocycles. The van der Waals surface area contributed by atoms with Gasteiger partial charge in [-0.2, -0.15) is 5.10 Å². The quantitative estimate of drug-likeness (QED) is 0.683. The molecule has 0 fully saturated rings. The summed E-state index contributed by atoms with van der Waals surface area (Å²) in [5.41, 5.74) is 2.36. The largest absolute Gasteiger partial charge is 0.401 e. The molecule has 3 aromatic rings. The molecule has 9 nitrogen and oxygen atoms in total. The Kier molecular flexibility index (Phi) is 5.08. The third kappa shape index (κ3) is 4.40. The van der Waals surface area contributed by atoms with E-state index in [9.17, 15) is 13.2 Å². The third-order valence-electron chi connectivity index (χ3n) is 3.87. The monoisotopic (exact) mass is 389 g/mol. The lowest BCUT2D eigenvalue weighted by molar-refractivity contribution is -0.115. The molecule has 0 unspecified atom stereocenters. The molecule has 3 rings (SSSR count). The highest BCUT2D eigenvalue weighted by atomic mass is 32.2. The lowest BCUT2D eigenvalue weighted by Gasteiger charge is -2.04. The van der Waals surface area contributed by atoms with E-state index in [1.54, 1.807) is 29.9 Å². The third-order valence-corrected chi connectivity index (χ3v) is 5.60. The van der Waals surface area contributed by atoms with E-state index in [2.05, 4.69) is 20.6 Å². The summed E-state index contributed by atoms with van der Waals surface area (Å²) in [6, 6.07) is 8.17. The van der Waals surface area contributed by atoms with Gasteiger partial charge in [-0.05, 0) is 32.0 Å². The number of rotatable bonds is 6. The molecule has 27 heavy (non-hydrogen) atoms. The van der Waals surface area contributed by atoms with E-state index >= 15 is 0 Å². The topological polar surface area (TPSA) is 120 Å². The SMILES string of the molecule is Cc1ccc(S(=O)(=O)CCC(=O)Nc2nnc(-c3cc(C)nn3C)o2)cc1. The molecule has 0 spiro atoms. The Morgan fingerprint density at radius 3 is 2.52 bits per heavy atom. The standard InChI is InChI=1S/C17H19N5O4S/c1-11-4-6-13(7-5-11)27(24,25)9-8-15(23)18-17-20-19-16(26-17)14-10-12(2)21-22(14)3/h4-7,10H,8-9H2,1-3H3,(H,18,20,23). The van der Waals surface area contributed by atoms with Crippen LogP contribution in [0.25, 0.3) is 11.6 Å². The lowest BCUT2D eigenvalue weighted by Crippen LogP contribution is -2.17. The zero-order valence-electron chi connectivity index (χ0n) is 15.1. The van der Waals surface area contributed by atoms with Gasteiger partial charge in [-0.15, -0.1) is 5.10 Å². The van der Waals surface area contributed by atoms with Crippen LogP contribution in [-0.2, 0) is 21.7 Å². The van der Waals surface area contributed by atoms with Crippen molar-refractivity contribution in [2.75, 3.05) is 11.1 Å². The van der Waals surface area contributed by atoms with Gasteiger partial charge in [0.25, 0.3) is 5.89 Å². The fraction of sp³-hybridized carbons (Fsp3) is 0.294. The number of nitrogens with one attached hydrogen (secondary N) is 1. The summed E-state index contributed by atoms with van der Waals surface area (Å²) in [7, 11) is -1.81. The predicted octanol–water partition coefficient (Wildman–Crippen LogP) is 1.89. The number of carbonyl (C=O) groups excluding carboxylic acids is 1. The second-order valence-corrected chi connectivity index (χ2v) is 8.25. The number of amides is 1. The Balaban J connectivity index is 1.61. The number of carbonyl (C=O) groups is 1. The average Bonchev–Trinajstić information content (AvgIpc) is 3.19. The van der Waals surface area contributed by atoms with Gasteiger partial charge in [-0.1, -0.05) is 22.8 Å². The summed E-state index contributed by atoms with van der Waals surface area (Å²) in [6.07, 6.45) is -0.223. The van der Waals surface area contributed by atoms with Crippen LogP contribution in [0.3, 0.4) is 0 Å². The minimum Gasteiger partial charge on any atom is -0.401 e. The van der Waals surface area contributed by atoms with Gasteiger partial charge in [-0.25, -0.2) is 8.42 Å². The molecule has 0 atom stereocenters. The summed E-state index contributed by atoms with van der Waals surface area (Å²) < 4.78 is 31.6. The maximum Gasteiger partial charge on any atom is 0.322 e. The number of benzene rings is 1. The molecule has 0 radical (unpaired) electrons. The van der Waals surface area contributed by atoms with Crippen LogP contribution < -0.4 is 5.32 Å².